The van der Waals surface area contributed by atoms with Crippen LogP contribution in [-0.2, 0) is 23.2 Å². The third-order valence-corrected chi connectivity index (χ3v) is 4.50. The van der Waals surface area contributed by atoms with Crippen LogP contribution >= 0.6 is 0 Å². The van der Waals surface area contributed by atoms with Gasteiger partial charge in [0.2, 0.25) is 0 Å². The van der Waals surface area contributed by atoms with Crippen LogP contribution in [0.15, 0.2) is 24.4 Å². The molecule has 2 aromatic rings. The Morgan fingerprint density at radius 1 is 1.31 bits per heavy atom. The second-order valence-corrected chi connectivity index (χ2v) is 7.67. The van der Waals surface area contributed by atoms with Gasteiger partial charge in [0.15, 0.2) is 11.6 Å². The first kappa shape index (κ1) is 18.9. The average molecular weight is 366 g/mol. The summed E-state index contributed by atoms with van der Waals surface area (Å²) in [7, 11) is 0. The summed E-state index contributed by atoms with van der Waals surface area (Å²) in [6, 6.07) is 3.40. The lowest BCUT2D eigenvalue weighted by atomic mass is 9.93. The summed E-state index contributed by atoms with van der Waals surface area (Å²) in [5.41, 5.74) is 1.37. The second kappa shape index (κ2) is 7.38. The lowest BCUT2D eigenvalue weighted by molar-refractivity contribution is 0.0741. The Morgan fingerprint density at radius 2 is 2.08 bits per heavy atom. The maximum absolute atomic E-state index is 13.3. The number of aliphatic hydroxyl groups is 1. The van der Waals surface area contributed by atoms with Crippen LogP contribution in [0.4, 0.5) is 8.78 Å². The summed E-state index contributed by atoms with van der Waals surface area (Å²) in [6.45, 7) is 7.12. The number of nitrogens with zero attached hydrogens (tertiary/aromatic N) is 3. The first-order valence-electron chi connectivity index (χ1n) is 8.61. The molecule has 0 radical (unpaired) electrons. The van der Waals surface area contributed by atoms with Gasteiger partial charge in [0.25, 0.3) is 0 Å². The Balaban J connectivity index is 1.64. The van der Waals surface area contributed by atoms with Crippen molar-refractivity contribution in [3.8, 4) is 0 Å². The minimum atomic E-state index is -0.888. The van der Waals surface area contributed by atoms with E-state index in [1.165, 1.54) is 6.07 Å². The van der Waals surface area contributed by atoms with Crippen molar-refractivity contribution in [3.63, 3.8) is 0 Å². The van der Waals surface area contributed by atoms with Crippen molar-refractivity contribution in [1.82, 2.24) is 20.3 Å². The average Bonchev–Trinajstić information content (AvgIpc) is 3.17. The number of aliphatic hydroxyl groups excluding tert-OH is 1. The molecule has 0 aliphatic carbocycles. The van der Waals surface area contributed by atoms with E-state index in [1.54, 1.807) is 4.68 Å². The third kappa shape index (κ3) is 4.25. The molecule has 6 nitrogen and oxygen atoms in total. The van der Waals surface area contributed by atoms with Crippen LogP contribution in [0.5, 0.6) is 0 Å². The van der Waals surface area contributed by atoms with E-state index in [4.69, 9.17) is 4.74 Å². The molecule has 142 valence electrons. The van der Waals surface area contributed by atoms with E-state index in [-0.39, 0.29) is 24.2 Å². The third-order valence-electron chi connectivity index (χ3n) is 4.50. The van der Waals surface area contributed by atoms with Crippen LogP contribution in [0, 0.1) is 11.6 Å². The Morgan fingerprint density at radius 3 is 2.73 bits per heavy atom. The van der Waals surface area contributed by atoms with Gasteiger partial charge in [-0.1, -0.05) is 32.1 Å². The van der Waals surface area contributed by atoms with E-state index in [0.717, 1.165) is 17.8 Å². The molecule has 0 saturated carbocycles. The number of hydrogen-bond acceptors (Lipinski definition) is 5. The van der Waals surface area contributed by atoms with Gasteiger partial charge in [-0.25, -0.2) is 13.5 Å². The van der Waals surface area contributed by atoms with E-state index in [0.29, 0.717) is 18.7 Å². The predicted molar refractivity (Wildman–Crippen MR) is 91.5 cm³/mol. The molecule has 3 rings (SSSR count). The molecule has 1 aliphatic rings. The lowest BCUT2D eigenvalue weighted by Crippen LogP contribution is -2.45. The molecule has 1 aromatic heterocycles. The SMILES string of the molecule is CC(C)(C)c1cn(C[C@H]2OC[C@H](O)[C@H]2NCc2ccc(F)c(F)c2)nn1. The molecule has 1 fully saturated rings. The zero-order valence-electron chi connectivity index (χ0n) is 15.1. The molecular weight excluding hydrogens is 342 g/mol. The monoisotopic (exact) mass is 366 g/mol. The van der Waals surface area contributed by atoms with Gasteiger partial charge >= 0.3 is 0 Å². The fraction of sp³-hybridized carbons (Fsp3) is 0.556. The van der Waals surface area contributed by atoms with Crippen molar-refractivity contribution in [2.24, 2.45) is 0 Å². The summed E-state index contributed by atoms with van der Waals surface area (Å²) in [4.78, 5) is 0. The summed E-state index contributed by atoms with van der Waals surface area (Å²) >= 11 is 0. The smallest absolute Gasteiger partial charge is 0.159 e. The Bertz CT molecular complexity index is 760. The molecular formula is C18H24F2N4O2. The van der Waals surface area contributed by atoms with Gasteiger partial charge in [-0.3, -0.25) is 0 Å². The van der Waals surface area contributed by atoms with Crippen LogP contribution in [0.1, 0.15) is 32.0 Å². The number of nitrogens with one attached hydrogen (secondary N) is 1. The summed E-state index contributed by atoms with van der Waals surface area (Å²) in [5, 5.41) is 21.7. The number of aromatic nitrogens is 3. The van der Waals surface area contributed by atoms with Crippen LogP contribution < -0.4 is 5.32 Å². The standard InChI is InChI=1S/C18H24F2N4O2/c1-18(2,3)16-9-24(23-22-16)8-15-17(14(25)10-26-15)21-7-11-4-5-12(19)13(20)6-11/h4-6,9,14-15,17,21,25H,7-8,10H2,1-3H3/t14-,15+,17+/m0/s1. The van der Waals surface area contributed by atoms with Gasteiger partial charge < -0.3 is 15.2 Å². The predicted octanol–water partition coefficient (Wildman–Crippen LogP) is 1.77. The zero-order chi connectivity index (χ0) is 18.9. The van der Waals surface area contributed by atoms with E-state index in [1.807, 2.05) is 6.20 Å². The van der Waals surface area contributed by atoms with Crippen LogP contribution in [0.25, 0.3) is 0 Å². The highest BCUT2D eigenvalue weighted by Gasteiger charge is 2.36. The first-order valence-corrected chi connectivity index (χ1v) is 8.61. The molecule has 2 heterocycles. The highest BCUT2D eigenvalue weighted by molar-refractivity contribution is 5.18. The van der Waals surface area contributed by atoms with Gasteiger partial charge in [0.05, 0.1) is 37.1 Å². The van der Waals surface area contributed by atoms with Gasteiger partial charge in [0.1, 0.15) is 0 Å². The molecule has 1 saturated heterocycles. The second-order valence-electron chi connectivity index (χ2n) is 7.67. The molecule has 0 unspecified atom stereocenters. The highest BCUT2D eigenvalue weighted by atomic mass is 19.2. The molecule has 1 aliphatic heterocycles. The molecule has 0 amide bonds. The fourth-order valence-electron chi connectivity index (χ4n) is 2.91. The number of ether oxygens (including phenoxy) is 1. The van der Waals surface area contributed by atoms with Gasteiger partial charge in [-0.15, -0.1) is 5.10 Å². The molecule has 2 N–H and O–H groups in total. The van der Waals surface area contributed by atoms with Crippen molar-refractivity contribution in [3.05, 3.63) is 47.3 Å². The first-order chi connectivity index (χ1) is 12.2. The van der Waals surface area contributed by atoms with Crippen LogP contribution in [-0.4, -0.2) is 45.0 Å². The molecule has 0 bridgehead atoms. The quantitative estimate of drug-likeness (QED) is 0.844. The van der Waals surface area contributed by atoms with Crippen molar-refractivity contribution in [2.45, 2.75) is 57.5 Å². The van der Waals surface area contributed by atoms with Gasteiger partial charge in [-0.05, 0) is 17.7 Å². The van der Waals surface area contributed by atoms with Gasteiger partial charge in [-0.2, -0.15) is 0 Å². The van der Waals surface area contributed by atoms with Crippen LogP contribution in [0.3, 0.4) is 0 Å². The largest absolute Gasteiger partial charge is 0.389 e. The minimum absolute atomic E-state index is 0.0986. The van der Waals surface area contributed by atoms with E-state index < -0.39 is 17.7 Å². The van der Waals surface area contributed by atoms with E-state index in [9.17, 15) is 13.9 Å². The lowest BCUT2D eigenvalue weighted by Gasteiger charge is -2.22. The zero-order valence-corrected chi connectivity index (χ0v) is 15.1. The number of halogens is 2. The molecule has 3 atom stereocenters. The van der Waals surface area contributed by atoms with Crippen molar-refractivity contribution < 1.29 is 18.6 Å². The fourth-order valence-corrected chi connectivity index (χ4v) is 2.91. The molecule has 0 spiro atoms. The topological polar surface area (TPSA) is 72.2 Å². The number of rotatable bonds is 5. The maximum Gasteiger partial charge on any atom is 0.159 e. The summed E-state index contributed by atoms with van der Waals surface area (Å²) in [6.07, 6.45) is 0.890. The molecule has 8 heteroatoms. The molecule has 1 aromatic carbocycles. The van der Waals surface area contributed by atoms with Gasteiger partial charge in [0, 0.05) is 18.2 Å². The summed E-state index contributed by atoms with van der Waals surface area (Å²) < 4.78 is 33.7. The van der Waals surface area contributed by atoms with Crippen molar-refractivity contribution in [1.29, 1.82) is 0 Å². The highest BCUT2D eigenvalue weighted by Crippen LogP contribution is 2.21. The normalized spacial score (nSPS) is 23.5. The van der Waals surface area contributed by atoms with Crippen LogP contribution in [0.2, 0.25) is 0 Å². The maximum atomic E-state index is 13.3. The van der Waals surface area contributed by atoms with Crippen molar-refractivity contribution in [2.75, 3.05) is 6.61 Å². The van der Waals surface area contributed by atoms with E-state index >= 15 is 0 Å². The van der Waals surface area contributed by atoms with Crippen molar-refractivity contribution >= 4 is 0 Å². The Labute approximate surface area is 151 Å². The number of hydrogen-bond donors (Lipinski definition) is 2. The Hall–Kier alpha value is -1.90. The minimum Gasteiger partial charge on any atom is -0.389 e. The number of benzene rings is 1. The Kier molecular flexibility index (Phi) is 5.36. The summed E-state index contributed by atoms with van der Waals surface area (Å²) in [5.74, 6) is -1.77. The van der Waals surface area contributed by atoms with E-state index in [2.05, 4.69) is 36.4 Å². The molecule has 26 heavy (non-hydrogen) atoms.